The van der Waals surface area contributed by atoms with Gasteiger partial charge in [0.05, 0.1) is 0 Å². The average Bonchev–Trinajstić information content (AvgIpc) is 3.19. The number of hydrogen-bond acceptors (Lipinski definition) is 3. The van der Waals surface area contributed by atoms with Gasteiger partial charge in [-0.05, 0) is 81.5 Å². The molecule has 184 valence electrons. The molecule has 0 radical (unpaired) electrons. The number of ether oxygens (including phenoxy) is 1. The molecule has 34 heavy (non-hydrogen) atoms. The molecule has 0 saturated carbocycles. The number of aryl methyl sites for hydroxylation is 1. The first-order valence-corrected chi connectivity index (χ1v) is 11.6. The second-order valence-electron chi connectivity index (χ2n) is 8.92. The van der Waals surface area contributed by atoms with Gasteiger partial charge in [-0.15, -0.1) is 12.4 Å². The molecule has 3 N–H and O–H groups in total. The van der Waals surface area contributed by atoms with E-state index in [-0.39, 0.29) is 36.1 Å². The molecule has 2 unspecified atom stereocenters. The molecule has 0 saturated heterocycles. The Labute approximate surface area is 205 Å². The molecule has 2 heterocycles. The lowest BCUT2D eigenvalue weighted by Crippen LogP contribution is -2.48. The van der Waals surface area contributed by atoms with Crippen molar-refractivity contribution in [3.63, 3.8) is 0 Å². The fraction of sp³-hybridized carbons (Fsp3) is 0.423. The number of carbonyl (C=O) groups excluding carboxylic acids is 1. The zero-order valence-electron chi connectivity index (χ0n) is 19.6. The molecule has 8 heteroatoms. The molecule has 0 fully saturated rings. The van der Waals surface area contributed by atoms with E-state index in [1.54, 1.807) is 12.1 Å². The van der Waals surface area contributed by atoms with E-state index in [0.29, 0.717) is 24.2 Å². The fourth-order valence-electron chi connectivity index (χ4n) is 5.01. The molecular formula is C26H32ClF2N3O2. The summed E-state index contributed by atoms with van der Waals surface area (Å²) in [5, 5.41) is 0.936. The van der Waals surface area contributed by atoms with E-state index in [0.717, 1.165) is 48.7 Å². The number of H-pyrrole nitrogens is 1. The third-order valence-electron chi connectivity index (χ3n) is 6.65. The van der Waals surface area contributed by atoms with Crippen LogP contribution in [-0.4, -0.2) is 41.0 Å². The first-order chi connectivity index (χ1) is 15.9. The number of benzene rings is 2. The summed E-state index contributed by atoms with van der Waals surface area (Å²) in [4.78, 5) is 17.5. The van der Waals surface area contributed by atoms with Gasteiger partial charge in [-0.25, -0.2) is 8.78 Å². The minimum absolute atomic E-state index is 0. The van der Waals surface area contributed by atoms with Crippen molar-refractivity contribution >= 4 is 29.2 Å². The predicted molar refractivity (Wildman–Crippen MR) is 133 cm³/mol. The van der Waals surface area contributed by atoms with Crippen molar-refractivity contribution < 1.29 is 18.3 Å². The minimum atomic E-state index is -0.569. The van der Waals surface area contributed by atoms with E-state index in [9.17, 15) is 13.6 Å². The van der Waals surface area contributed by atoms with Gasteiger partial charge in [0.1, 0.15) is 12.4 Å². The number of amides is 1. The lowest BCUT2D eigenvalue weighted by atomic mass is 9.94. The van der Waals surface area contributed by atoms with Crippen LogP contribution in [-0.2, 0) is 12.8 Å². The lowest BCUT2D eigenvalue weighted by molar-refractivity contribution is 0.0786. The van der Waals surface area contributed by atoms with Gasteiger partial charge in [-0.1, -0.05) is 6.92 Å². The fourth-order valence-corrected chi connectivity index (χ4v) is 5.01. The van der Waals surface area contributed by atoms with Gasteiger partial charge < -0.3 is 15.5 Å². The van der Waals surface area contributed by atoms with Gasteiger partial charge in [0.25, 0.3) is 0 Å². The van der Waals surface area contributed by atoms with Crippen molar-refractivity contribution in [3.05, 3.63) is 64.9 Å². The lowest BCUT2D eigenvalue weighted by Gasteiger charge is -2.39. The molecule has 1 aliphatic rings. The number of nitrogens with two attached hydrogens (primary N) is 1. The van der Waals surface area contributed by atoms with Crippen molar-refractivity contribution in [2.75, 3.05) is 13.2 Å². The van der Waals surface area contributed by atoms with Crippen molar-refractivity contribution in [1.29, 1.82) is 0 Å². The largest absolute Gasteiger partial charge is 0.489 e. The Kier molecular flexibility index (Phi) is 8.55. The smallest absolute Gasteiger partial charge is 0.249 e. The number of nitrogens with zero attached hydrogens (tertiary/aromatic N) is 1. The van der Waals surface area contributed by atoms with E-state index in [1.807, 2.05) is 6.20 Å². The van der Waals surface area contributed by atoms with E-state index in [1.165, 1.54) is 18.2 Å². The monoisotopic (exact) mass is 491 g/mol. The van der Waals surface area contributed by atoms with Crippen LogP contribution in [0.4, 0.5) is 8.78 Å². The summed E-state index contributed by atoms with van der Waals surface area (Å²) in [7, 11) is 0. The second kappa shape index (κ2) is 11.2. The molecule has 3 aromatic rings. The first-order valence-electron chi connectivity index (χ1n) is 11.6. The number of hydrogen-bond donors (Lipinski definition) is 2. The van der Waals surface area contributed by atoms with Crippen LogP contribution >= 0.6 is 12.4 Å². The first kappa shape index (κ1) is 26.0. The number of halogens is 3. The Bertz CT molecular complexity index is 1150. The molecule has 1 aromatic heterocycles. The Morgan fingerprint density at radius 3 is 2.82 bits per heavy atom. The zero-order chi connectivity index (χ0) is 23.5. The highest BCUT2D eigenvalue weighted by atomic mass is 35.5. The van der Waals surface area contributed by atoms with E-state index < -0.39 is 11.7 Å². The van der Waals surface area contributed by atoms with Gasteiger partial charge in [0, 0.05) is 40.3 Å². The van der Waals surface area contributed by atoms with Gasteiger partial charge in [0.15, 0.2) is 11.6 Å². The minimum Gasteiger partial charge on any atom is -0.489 e. The maximum Gasteiger partial charge on any atom is 0.249 e. The maximum atomic E-state index is 14.3. The van der Waals surface area contributed by atoms with E-state index in [2.05, 4.69) is 23.7 Å². The van der Waals surface area contributed by atoms with Crippen LogP contribution in [0.1, 0.15) is 54.6 Å². The molecule has 1 aliphatic heterocycles. The van der Waals surface area contributed by atoms with Gasteiger partial charge in [0.2, 0.25) is 5.91 Å². The van der Waals surface area contributed by atoms with Crippen LogP contribution in [0.25, 0.3) is 10.9 Å². The molecule has 4 rings (SSSR count). The number of fused-ring (bicyclic) bond motifs is 2. The highest BCUT2D eigenvalue weighted by Crippen LogP contribution is 2.33. The average molecular weight is 492 g/mol. The van der Waals surface area contributed by atoms with Gasteiger partial charge >= 0.3 is 0 Å². The Balaban J connectivity index is 0.00000324. The third kappa shape index (κ3) is 5.36. The van der Waals surface area contributed by atoms with Gasteiger partial charge in [-0.3, -0.25) is 9.69 Å². The molecule has 2 atom stereocenters. The van der Waals surface area contributed by atoms with E-state index >= 15 is 0 Å². The molecule has 2 aromatic carbocycles. The molecule has 0 aliphatic carbocycles. The summed E-state index contributed by atoms with van der Waals surface area (Å²) < 4.78 is 33.7. The Morgan fingerprint density at radius 2 is 2.09 bits per heavy atom. The standard InChI is InChI=1S/C26H31F2N3O2.ClH/c1-3-11-31(19-13-22-20(26(29)32)8-9-23(28)25(22)33-15-19)16(2)5-4-6-17-14-30-24-10-7-18(27)12-21(17)24;/h7-10,12,14,16,19,30H,3-6,11,13,15H2,1-2H3,(H2,29,32);1H. The van der Waals surface area contributed by atoms with Crippen LogP contribution in [0.3, 0.4) is 0 Å². The number of aromatic nitrogens is 1. The number of aromatic amines is 1. The number of nitrogens with one attached hydrogen (secondary N) is 1. The normalized spacial score (nSPS) is 16.1. The van der Waals surface area contributed by atoms with Crippen LogP contribution in [0.15, 0.2) is 36.5 Å². The number of primary amides is 1. The highest BCUT2D eigenvalue weighted by Gasteiger charge is 2.31. The van der Waals surface area contributed by atoms with Crippen LogP contribution in [0.5, 0.6) is 5.75 Å². The zero-order valence-corrected chi connectivity index (χ0v) is 20.4. The topological polar surface area (TPSA) is 71.3 Å². The van der Waals surface area contributed by atoms with E-state index in [4.69, 9.17) is 10.5 Å². The van der Waals surface area contributed by atoms with Crippen LogP contribution in [0.2, 0.25) is 0 Å². The predicted octanol–water partition coefficient (Wildman–Crippen LogP) is 5.39. The molecule has 1 amide bonds. The second-order valence-corrected chi connectivity index (χ2v) is 8.92. The number of rotatable bonds is 9. The molecule has 0 spiro atoms. The van der Waals surface area contributed by atoms with Crippen molar-refractivity contribution in [2.45, 2.75) is 58.0 Å². The molecule has 0 bridgehead atoms. The van der Waals surface area contributed by atoms with Crippen LogP contribution < -0.4 is 10.5 Å². The number of carbonyl (C=O) groups is 1. The summed E-state index contributed by atoms with van der Waals surface area (Å²) in [6, 6.07) is 7.81. The summed E-state index contributed by atoms with van der Waals surface area (Å²) in [6.07, 6.45) is 6.23. The maximum absolute atomic E-state index is 14.3. The Hall–Kier alpha value is -2.64. The van der Waals surface area contributed by atoms with Crippen molar-refractivity contribution in [3.8, 4) is 5.75 Å². The Morgan fingerprint density at radius 1 is 1.29 bits per heavy atom. The third-order valence-corrected chi connectivity index (χ3v) is 6.65. The summed E-state index contributed by atoms with van der Waals surface area (Å²) in [6.45, 7) is 5.58. The molecule has 5 nitrogen and oxygen atoms in total. The van der Waals surface area contributed by atoms with Gasteiger partial charge in [-0.2, -0.15) is 0 Å². The highest BCUT2D eigenvalue weighted by molar-refractivity contribution is 5.95. The molecular weight excluding hydrogens is 460 g/mol. The van der Waals surface area contributed by atoms with Crippen molar-refractivity contribution in [2.24, 2.45) is 5.73 Å². The van der Waals surface area contributed by atoms with Crippen LogP contribution in [0, 0.1) is 11.6 Å². The summed E-state index contributed by atoms with van der Waals surface area (Å²) in [5.41, 5.74) is 8.49. The van der Waals surface area contributed by atoms with Crippen molar-refractivity contribution in [1.82, 2.24) is 9.88 Å². The summed E-state index contributed by atoms with van der Waals surface area (Å²) >= 11 is 0. The SMILES string of the molecule is CCCN(C(C)CCCc1c[nH]c2ccc(F)cc12)C1COc2c(F)ccc(C(N)=O)c2C1.Cl. The summed E-state index contributed by atoms with van der Waals surface area (Å²) in [5.74, 6) is -1.10. The quantitative estimate of drug-likeness (QED) is 0.421.